The van der Waals surface area contributed by atoms with Crippen molar-refractivity contribution in [1.29, 1.82) is 0 Å². The molecule has 3 rings (SSSR count). The van der Waals surface area contributed by atoms with E-state index in [1.54, 1.807) is 16.6 Å². The van der Waals surface area contributed by atoms with Gasteiger partial charge >= 0.3 is 6.03 Å². The molecule has 0 aliphatic carbocycles. The first kappa shape index (κ1) is 15.8. The maximum absolute atomic E-state index is 12.2. The Kier molecular flexibility index (Phi) is 4.60. The van der Waals surface area contributed by atoms with Gasteiger partial charge < -0.3 is 14.6 Å². The summed E-state index contributed by atoms with van der Waals surface area (Å²) in [4.78, 5) is 18.0. The molecule has 2 amide bonds. The van der Waals surface area contributed by atoms with Crippen LogP contribution in [0.2, 0.25) is 0 Å². The van der Waals surface area contributed by atoms with Crippen molar-refractivity contribution in [2.45, 2.75) is 20.0 Å². The van der Waals surface area contributed by atoms with Crippen molar-refractivity contribution in [2.24, 2.45) is 0 Å². The predicted octanol–water partition coefficient (Wildman–Crippen LogP) is 2.51. The molecule has 0 aliphatic rings. The van der Waals surface area contributed by atoms with Gasteiger partial charge in [0, 0.05) is 7.05 Å². The summed E-state index contributed by atoms with van der Waals surface area (Å²) in [6.45, 7) is 2.57. The van der Waals surface area contributed by atoms with Gasteiger partial charge in [-0.05, 0) is 31.2 Å². The number of nitrogens with one attached hydrogen (secondary N) is 1. The SMILES string of the molecule is Cc1ccc(CN(C)C(=O)NCc2ncnn2-c2ccccc2)o1. The molecule has 0 aliphatic heterocycles. The molecule has 0 saturated carbocycles. The second-order valence-corrected chi connectivity index (χ2v) is 5.45. The Morgan fingerprint density at radius 3 is 2.75 bits per heavy atom. The molecule has 2 aromatic heterocycles. The number of carbonyl (C=O) groups is 1. The molecule has 0 bridgehead atoms. The first-order valence-corrected chi connectivity index (χ1v) is 7.62. The van der Waals surface area contributed by atoms with Crippen LogP contribution in [-0.2, 0) is 13.1 Å². The molecule has 0 spiro atoms. The zero-order valence-electron chi connectivity index (χ0n) is 13.6. The molecule has 7 heteroatoms. The van der Waals surface area contributed by atoms with Gasteiger partial charge in [-0.15, -0.1) is 0 Å². The Labute approximate surface area is 139 Å². The maximum Gasteiger partial charge on any atom is 0.317 e. The number of amides is 2. The monoisotopic (exact) mass is 325 g/mol. The largest absolute Gasteiger partial charge is 0.464 e. The molecular weight excluding hydrogens is 306 g/mol. The van der Waals surface area contributed by atoms with Crippen molar-refractivity contribution in [1.82, 2.24) is 25.0 Å². The number of carbonyl (C=O) groups excluding carboxylic acids is 1. The predicted molar refractivity (Wildman–Crippen MR) is 88.5 cm³/mol. The Morgan fingerprint density at radius 2 is 2.04 bits per heavy atom. The second-order valence-electron chi connectivity index (χ2n) is 5.45. The molecule has 0 radical (unpaired) electrons. The van der Waals surface area contributed by atoms with Crippen molar-refractivity contribution in [2.75, 3.05) is 7.05 Å². The zero-order valence-corrected chi connectivity index (χ0v) is 13.6. The highest BCUT2D eigenvalue weighted by atomic mass is 16.3. The quantitative estimate of drug-likeness (QED) is 0.782. The Hall–Kier alpha value is -3.09. The molecule has 1 N–H and O–H groups in total. The van der Waals surface area contributed by atoms with Crippen LogP contribution in [0.5, 0.6) is 0 Å². The van der Waals surface area contributed by atoms with E-state index in [9.17, 15) is 4.79 Å². The van der Waals surface area contributed by atoms with Crippen molar-refractivity contribution in [3.63, 3.8) is 0 Å². The summed E-state index contributed by atoms with van der Waals surface area (Å²) < 4.78 is 7.19. The molecule has 0 atom stereocenters. The molecular formula is C17H19N5O2. The number of aromatic nitrogens is 3. The lowest BCUT2D eigenvalue weighted by atomic mass is 10.3. The highest BCUT2D eigenvalue weighted by Gasteiger charge is 2.13. The Balaban J connectivity index is 1.60. The Morgan fingerprint density at radius 1 is 1.25 bits per heavy atom. The number of hydrogen-bond donors (Lipinski definition) is 1. The third-order valence-corrected chi connectivity index (χ3v) is 3.55. The molecule has 7 nitrogen and oxygen atoms in total. The van der Waals surface area contributed by atoms with Gasteiger partial charge in [-0.2, -0.15) is 5.10 Å². The lowest BCUT2D eigenvalue weighted by Crippen LogP contribution is -2.36. The molecule has 3 aromatic rings. The molecule has 0 fully saturated rings. The number of rotatable bonds is 5. The summed E-state index contributed by atoms with van der Waals surface area (Å²) in [5.41, 5.74) is 0.902. The van der Waals surface area contributed by atoms with E-state index in [1.165, 1.54) is 6.33 Å². The van der Waals surface area contributed by atoms with Crippen molar-refractivity contribution in [3.05, 3.63) is 66.1 Å². The third kappa shape index (κ3) is 3.62. The van der Waals surface area contributed by atoms with Crippen LogP contribution in [0.15, 0.2) is 53.2 Å². The summed E-state index contributed by atoms with van der Waals surface area (Å²) in [6, 6.07) is 13.2. The minimum atomic E-state index is -0.202. The average molecular weight is 325 g/mol. The van der Waals surface area contributed by atoms with Crippen LogP contribution in [0.1, 0.15) is 17.3 Å². The van der Waals surface area contributed by atoms with E-state index < -0.39 is 0 Å². The van der Waals surface area contributed by atoms with Gasteiger partial charge in [0.2, 0.25) is 0 Å². The zero-order chi connectivity index (χ0) is 16.9. The van der Waals surface area contributed by atoms with Crippen molar-refractivity contribution in [3.8, 4) is 5.69 Å². The molecule has 1 aromatic carbocycles. The highest BCUT2D eigenvalue weighted by molar-refractivity contribution is 5.73. The molecule has 124 valence electrons. The Bertz CT molecular complexity index is 809. The number of benzene rings is 1. The van der Waals surface area contributed by atoms with E-state index in [1.807, 2.05) is 49.4 Å². The second kappa shape index (κ2) is 6.99. The fraction of sp³-hybridized carbons (Fsp3) is 0.235. The van der Waals surface area contributed by atoms with Crippen LogP contribution in [0.25, 0.3) is 5.69 Å². The first-order valence-electron chi connectivity index (χ1n) is 7.62. The van der Waals surface area contributed by atoms with E-state index in [4.69, 9.17) is 4.42 Å². The summed E-state index contributed by atoms with van der Waals surface area (Å²) in [7, 11) is 1.72. The van der Waals surface area contributed by atoms with Gasteiger partial charge in [-0.1, -0.05) is 18.2 Å². The molecule has 2 heterocycles. The number of aryl methyl sites for hydroxylation is 1. The smallest absolute Gasteiger partial charge is 0.317 e. The lowest BCUT2D eigenvalue weighted by molar-refractivity contribution is 0.202. The van der Waals surface area contributed by atoms with Crippen LogP contribution in [0, 0.1) is 6.92 Å². The van der Waals surface area contributed by atoms with Gasteiger partial charge in [-0.25, -0.2) is 14.5 Å². The van der Waals surface area contributed by atoms with Gasteiger partial charge in [-0.3, -0.25) is 0 Å². The van der Waals surface area contributed by atoms with Gasteiger partial charge in [0.25, 0.3) is 0 Å². The normalized spacial score (nSPS) is 10.6. The topological polar surface area (TPSA) is 76.2 Å². The fourth-order valence-corrected chi connectivity index (χ4v) is 2.34. The van der Waals surface area contributed by atoms with E-state index in [2.05, 4.69) is 15.4 Å². The average Bonchev–Trinajstić information content (AvgIpc) is 3.22. The van der Waals surface area contributed by atoms with Crippen LogP contribution >= 0.6 is 0 Å². The van der Waals surface area contributed by atoms with Crippen molar-refractivity contribution >= 4 is 6.03 Å². The number of para-hydroxylation sites is 1. The number of hydrogen-bond acceptors (Lipinski definition) is 4. The van der Waals surface area contributed by atoms with Crippen LogP contribution in [-0.4, -0.2) is 32.7 Å². The van der Waals surface area contributed by atoms with E-state index in [-0.39, 0.29) is 12.6 Å². The summed E-state index contributed by atoms with van der Waals surface area (Å²) in [6.07, 6.45) is 1.48. The molecule has 0 saturated heterocycles. The molecule has 0 unspecified atom stereocenters. The molecule has 24 heavy (non-hydrogen) atoms. The summed E-state index contributed by atoms with van der Waals surface area (Å²) in [5.74, 6) is 2.24. The lowest BCUT2D eigenvalue weighted by Gasteiger charge is -2.16. The van der Waals surface area contributed by atoms with Crippen LogP contribution in [0.3, 0.4) is 0 Å². The minimum Gasteiger partial charge on any atom is -0.464 e. The standard InChI is InChI=1S/C17H19N5O2/c1-13-8-9-15(24-13)11-21(2)17(23)18-10-16-19-12-20-22(16)14-6-4-3-5-7-14/h3-9,12H,10-11H2,1-2H3,(H,18,23). The first-order chi connectivity index (χ1) is 11.6. The van der Waals surface area contributed by atoms with Gasteiger partial charge in [0.05, 0.1) is 18.8 Å². The van der Waals surface area contributed by atoms with Crippen LogP contribution < -0.4 is 5.32 Å². The van der Waals surface area contributed by atoms with E-state index in [0.717, 1.165) is 17.2 Å². The van der Waals surface area contributed by atoms with Gasteiger partial charge in [0.15, 0.2) is 5.82 Å². The summed E-state index contributed by atoms with van der Waals surface area (Å²) >= 11 is 0. The number of urea groups is 1. The van der Waals surface area contributed by atoms with Crippen molar-refractivity contribution < 1.29 is 9.21 Å². The minimum absolute atomic E-state index is 0.202. The third-order valence-electron chi connectivity index (χ3n) is 3.55. The maximum atomic E-state index is 12.2. The van der Waals surface area contributed by atoms with Crippen LogP contribution in [0.4, 0.5) is 4.79 Å². The number of nitrogens with zero attached hydrogens (tertiary/aromatic N) is 4. The fourth-order valence-electron chi connectivity index (χ4n) is 2.34. The number of furan rings is 1. The van der Waals surface area contributed by atoms with E-state index >= 15 is 0 Å². The van der Waals surface area contributed by atoms with Gasteiger partial charge in [0.1, 0.15) is 17.8 Å². The highest BCUT2D eigenvalue weighted by Crippen LogP contribution is 2.10. The van der Waals surface area contributed by atoms with E-state index in [0.29, 0.717) is 12.4 Å². The summed E-state index contributed by atoms with van der Waals surface area (Å²) in [5, 5.41) is 7.05.